The predicted octanol–water partition coefficient (Wildman–Crippen LogP) is 2.36. The number of nitrogens with one attached hydrogen (secondary N) is 2. The SMILES string of the molecule is CN=C(NCCOC)NCc1c(F)cccc1OC(F)F.I. The average molecular weight is 433 g/mol. The highest BCUT2D eigenvalue weighted by Gasteiger charge is 2.13. The standard InChI is InChI=1S/C13H18F3N3O2.HI/c1-17-13(18-6-7-20-2)19-8-9-10(14)4-3-5-11(9)21-12(15)16;/h3-5,12H,6-8H2,1-2H3,(H2,17,18,19);1H. The fraction of sp³-hybridized carbons (Fsp3) is 0.462. The molecule has 0 aliphatic rings. The number of benzene rings is 1. The largest absolute Gasteiger partial charge is 0.434 e. The third-order valence-corrected chi connectivity index (χ3v) is 2.55. The third-order valence-electron chi connectivity index (χ3n) is 2.55. The normalized spacial score (nSPS) is 11.1. The lowest BCUT2D eigenvalue weighted by molar-refractivity contribution is -0.0506. The Labute approximate surface area is 144 Å². The molecule has 1 aromatic rings. The van der Waals surface area contributed by atoms with Crippen molar-refractivity contribution in [3.63, 3.8) is 0 Å². The molecule has 0 atom stereocenters. The summed E-state index contributed by atoms with van der Waals surface area (Å²) >= 11 is 0. The first-order valence-corrected chi connectivity index (χ1v) is 6.24. The molecule has 2 N–H and O–H groups in total. The third kappa shape index (κ3) is 7.16. The monoisotopic (exact) mass is 433 g/mol. The second-order valence-corrected chi connectivity index (χ2v) is 3.94. The average Bonchev–Trinajstić information content (AvgIpc) is 2.44. The molecule has 0 saturated carbocycles. The van der Waals surface area contributed by atoms with Gasteiger partial charge in [-0.3, -0.25) is 4.99 Å². The van der Waals surface area contributed by atoms with Crippen LogP contribution in [0.5, 0.6) is 5.75 Å². The molecule has 0 saturated heterocycles. The van der Waals surface area contributed by atoms with E-state index in [0.29, 0.717) is 19.1 Å². The molecule has 0 spiro atoms. The molecule has 1 aromatic carbocycles. The van der Waals surface area contributed by atoms with Crippen molar-refractivity contribution in [3.8, 4) is 5.75 Å². The van der Waals surface area contributed by atoms with E-state index in [1.54, 1.807) is 14.2 Å². The van der Waals surface area contributed by atoms with Gasteiger partial charge in [0.1, 0.15) is 11.6 Å². The minimum Gasteiger partial charge on any atom is -0.434 e. The van der Waals surface area contributed by atoms with Crippen LogP contribution in [0.3, 0.4) is 0 Å². The lowest BCUT2D eigenvalue weighted by Crippen LogP contribution is -2.38. The van der Waals surface area contributed by atoms with E-state index in [1.807, 2.05) is 0 Å². The molecule has 9 heteroatoms. The molecule has 0 aliphatic heterocycles. The molecule has 0 fully saturated rings. The van der Waals surface area contributed by atoms with Crippen LogP contribution in [0.4, 0.5) is 13.2 Å². The van der Waals surface area contributed by atoms with Gasteiger partial charge < -0.3 is 20.1 Å². The van der Waals surface area contributed by atoms with Gasteiger partial charge in [-0.1, -0.05) is 6.07 Å². The second kappa shape index (κ2) is 11.4. The minimum absolute atomic E-state index is 0. The van der Waals surface area contributed by atoms with Crippen LogP contribution >= 0.6 is 24.0 Å². The molecule has 0 aromatic heterocycles. The van der Waals surface area contributed by atoms with Gasteiger partial charge in [-0.25, -0.2) is 4.39 Å². The van der Waals surface area contributed by atoms with E-state index in [2.05, 4.69) is 20.4 Å². The second-order valence-electron chi connectivity index (χ2n) is 3.94. The van der Waals surface area contributed by atoms with Gasteiger partial charge in [-0.2, -0.15) is 8.78 Å². The van der Waals surface area contributed by atoms with Crippen molar-refractivity contribution in [2.75, 3.05) is 27.3 Å². The van der Waals surface area contributed by atoms with Crippen molar-refractivity contribution in [2.45, 2.75) is 13.2 Å². The summed E-state index contributed by atoms with van der Waals surface area (Å²) in [6.45, 7) is -2.07. The Morgan fingerprint density at radius 1 is 1.32 bits per heavy atom. The van der Waals surface area contributed by atoms with Crippen LogP contribution < -0.4 is 15.4 Å². The number of halogens is 4. The van der Waals surface area contributed by atoms with Crippen LogP contribution in [0, 0.1) is 5.82 Å². The van der Waals surface area contributed by atoms with Crippen LogP contribution in [-0.4, -0.2) is 39.9 Å². The molecular weight excluding hydrogens is 414 g/mol. The van der Waals surface area contributed by atoms with Crippen LogP contribution in [-0.2, 0) is 11.3 Å². The van der Waals surface area contributed by atoms with Gasteiger partial charge in [0.15, 0.2) is 5.96 Å². The Kier molecular flexibility index (Phi) is 10.7. The first kappa shape index (κ1) is 20.8. The van der Waals surface area contributed by atoms with Crippen molar-refractivity contribution in [3.05, 3.63) is 29.6 Å². The molecule has 0 bridgehead atoms. The maximum atomic E-state index is 13.7. The van der Waals surface area contributed by atoms with Crippen LogP contribution in [0.1, 0.15) is 5.56 Å². The minimum atomic E-state index is -3.01. The van der Waals surface area contributed by atoms with Gasteiger partial charge in [0.05, 0.1) is 6.61 Å². The van der Waals surface area contributed by atoms with Gasteiger partial charge in [0, 0.05) is 32.8 Å². The maximum Gasteiger partial charge on any atom is 0.387 e. The van der Waals surface area contributed by atoms with Crippen molar-refractivity contribution in [1.82, 2.24) is 10.6 Å². The lowest BCUT2D eigenvalue weighted by Gasteiger charge is -2.15. The van der Waals surface area contributed by atoms with E-state index in [4.69, 9.17) is 4.74 Å². The highest BCUT2D eigenvalue weighted by Crippen LogP contribution is 2.23. The summed E-state index contributed by atoms with van der Waals surface area (Å²) in [7, 11) is 3.10. The van der Waals surface area contributed by atoms with E-state index < -0.39 is 12.4 Å². The predicted molar refractivity (Wildman–Crippen MR) is 88.5 cm³/mol. The van der Waals surface area contributed by atoms with Gasteiger partial charge in [0.25, 0.3) is 0 Å². The van der Waals surface area contributed by atoms with Crippen LogP contribution in [0.2, 0.25) is 0 Å². The maximum absolute atomic E-state index is 13.7. The molecule has 5 nitrogen and oxygen atoms in total. The van der Waals surface area contributed by atoms with E-state index >= 15 is 0 Å². The number of ether oxygens (including phenoxy) is 2. The molecule has 1 rings (SSSR count). The molecule has 126 valence electrons. The smallest absolute Gasteiger partial charge is 0.387 e. The van der Waals surface area contributed by atoms with Gasteiger partial charge in [0.2, 0.25) is 0 Å². The van der Waals surface area contributed by atoms with E-state index in [-0.39, 0.29) is 41.8 Å². The number of nitrogens with zero attached hydrogens (tertiary/aromatic N) is 1. The zero-order valence-corrected chi connectivity index (χ0v) is 14.6. The quantitative estimate of drug-likeness (QED) is 0.300. The van der Waals surface area contributed by atoms with Crippen LogP contribution in [0.25, 0.3) is 0 Å². The summed E-state index contributed by atoms with van der Waals surface area (Å²) in [6, 6.07) is 3.77. The molecular formula is C13H19F3IN3O2. The van der Waals surface area contributed by atoms with Crippen LogP contribution in [0.15, 0.2) is 23.2 Å². The van der Waals surface area contributed by atoms with E-state index in [1.165, 1.54) is 18.2 Å². The summed E-state index contributed by atoms with van der Waals surface area (Å²) < 4.78 is 47.5. The topological polar surface area (TPSA) is 54.9 Å². The first-order chi connectivity index (χ1) is 10.1. The van der Waals surface area contributed by atoms with Crippen molar-refractivity contribution >= 4 is 29.9 Å². The van der Waals surface area contributed by atoms with Gasteiger partial charge in [-0.15, -0.1) is 24.0 Å². The fourth-order valence-electron chi connectivity index (χ4n) is 1.58. The molecule has 22 heavy (non-hydrogen) atoms. The first-order valence-electron chi connectivity index (χ1n) is 6.24. The van der Waals surface area contributed by atoms with Crippen molar-refractivity contribution in [1.29, 1.82) is 0 Å². The Morgan fingerprint density at radius 3 is 2.64 bits per heavy atom. The number of guanidine groups is 1. The number of aliphatic imine (C=N–C) groups is 1. The Balaban J connectivity index is 0.00000441. The lowest BCUT2D eigenvalue weighted by atomic mass is 10.2. The molecule has 0 radical (unpaired) electrons. The molecule has 0 heterocycles. The molecule has 0 aliphatic carbocycles. The van der Waals surface area contributed by atoms with Crippen molar-refractivity contribution < 1.29 is 22.6 Å². The summed E-state index contributed by atoms with van der Waals surface area (Å²) in [5, 5.41) is 5.74. The Hall–Kier alpha value is -1.23. The highest BCUT2D eigenvalue weighted by atomic mass is 127. The summed E-state index contributed by atoms with van der Waals surface area (Å²) in [5.74, 6) is -0.434. The molecule has 0 amide bonds. The highest BCUT2D eigenvalue weighted by molar-refractivity contribution is 14.0. The fourth-order valence-corrected chi connectivity index (χ4v) is 1.58. The number of hydrogen-bond acceptors (Lipinski definition) is 3. The molecule has 0 unspecified atom stereocenters. The number of methoxy groups -OCH3 is 1. The van der Waals surface area contributed by atoms with Gasteiger partial charge >= 0.3 is 6.61 Å². The summed E-state index contributed by atoms with van der Waals surface area (Å²) in [4.78, 5) is 3.92. The Morgan fingerprint density at radius 2 is 2.05 bits per heavy atom. The zero-order chi connectivity index (χ0) is 15.7. The van der Waals surface area contributed by atoms with Crippen molar-refractivity contribution in [2.24, 2.45) is 4.99 Å². The summed E-state index contributed by atoms with van der Waals surface area (Å²) in [6.07, 6.45) is 0. The summed E-state index contributed by atoms with van der Waals surface area (Å²) in [5.41, 5.74) is 0.00694. The number of alkyl halides is 2. The van der Waals surface area contributed by atoms with Gasteiger partial charge in [-0.05, 0) is 12.1 Å². The number of rotatable bonds is 7. The van der Waals surface area contributed by atoms with E-state index in [0.717, 1.165) is 0 Å². The zero-order valence-electron chi connectivity index (χ0n) is 12.2. The Bertz CT molecular complexity index is 476. The van der Waals surface area contributed by atoms with E-state index in [9.17, 15) is 13.2 Å². The number of hydrogen-bond donors (Lipinski definition) is 2.